The second kappa shape index (κ2) is 5.24. The fourth-order valence-electron chi connectivity index (χ4n) is 2.50. The maximum atomic E-state index is 13.2. The summed E-state index contributed by atoms with van der Waals surface area (Å²) in [5.74, 6) is -0.285. The van der Waals surface area contributed by atoms with Gasteiger partial charge in [-0.05, 0) is 56.5 Å². The van der Waals surface area contributed by atoms with Crippen LogP contribution in [-0.4, -0.2) is 28.7 Å². The number of benzene rings is 1. The Morgan fingerprint density at radius 1 is 1.33 bits per heavy atom. The molecule has 1 heterocycles. The van der Waals surface area contributed by atoms with Crippen LogP contribution in [0.3, 0.4) is 0 Å². The molecule has 100 valence electrons. The Balaban J connectivity index is 2.00. The number of aliphatic hydroxyl groups is 1. The third-order valence-corrected chi connectivity index (χ3v) is 3.54. The molecule has 1 aromatic carbocycles. The molecule has 0 spiro atoms. The first-order chi connectivity index (χ1) is 8.44. The Morgan fingerprint density at radius 2 is 2.11 bits per heavy atom. The van der Waals surface area contributed by atoms with E-state index in [-0.39, 0.29) is 5.82 Å². The summed E-state index contributed by atoms with van der Waals surface area (Å²) in [6.07, 6.45) is 2.56. The molecule has 3 nitrogen and oxygen atoms in total. The Labute approximate surface area is 107 Å². The van der Waals surface area contributed by atoms with Crippen molar-refractivity contribution in [3.05, 3.63) is 29.6 Å². The summed E-state index contributed by atoms with van der Waals surface area (Å²) >= 11 is 0. The van der Waals surface area contributed by atoms with Crippen LogP contribution in [0.15, 0.2) is 18.2 Å². The normalized spacial score (nSPS) is 25.9. The standard InChI is InChI=1S/C14H21FN2O/c1-14(18)3-2-5-17(6-4-14)10-11-7-12(15)9-13(16)8-11/h7-9,18H,2-6,10,16H2,1H3. The fourth-order valence-corrected chi connectivity index (χ4v) is 2.50. The van der Waals surface area contributed by atoms with Gasteiger partial charge in [0.15, 0.2) is 0 Å². The van der Waals surface area contributed by atoms with Gasteiger partial charge in [0.1, 0.15) is 5.82 Å². The van der Waals surface area contributed by atoms with Gasteiger partial charge in [0, 0.05) is 18.8 Å². The number of likely N-dealkylation sites (tertiary alicyclic amines) is 1. The van der Waals surface area contributed by atoms with E-state index in [9.17, 15) is 9.50 Å². The molecule has 0 saturated carbocycles. The molecule has 0 amide bonds. The average Bonchev–Trinajstić information content (AvgIpc) is 2.39. The molecule has 1 unspecified atom stereocenters. The molecular formula is C14H21FN2O. The maximum Gasteiger partial charge on any atom is 0.125 e. The highest BCUT2D eigenvalue weighted by Gasteiger charge is 2.24. The van der Waals surface area contributed by atoms with Crippen molar-refractivity contribution in [3.63, 3.8) is 0 Å². The van der Waals surface area contributed by atoms with Gasteiger partial charge in [-0.3, -0.25) is 4.90 Å². The number of rotatable bonds is 2. The van der Waals surface area contributed by atoms with Crippen LogP contribution in [0.25, 0.3) is 0 Å². The van der Waals surface area contributed by atoms with Crippen molar-refractivity contribution in [1.29, 1.82) is 0 Å². The van der Waals surface area contributed by atoms with Crippen molar-refractivity contribution in [3.8, 4) is 0 Å². The Bertz CT molecular complexity index is 400. The first kappa shape index (κ1) is 13.3. The van der Waals surface area contributed by atoms with Gasteiger partial charge >= 0.3 is 0 Å². The van der Waals surface area contributed by atoms with E-state index < -0.39 is 5.60 Å². The van der Waals surface area contributed by atoms with E-state index in [1.165, 1.54) is 12.1 Å². The number of nitrogens with two attached hydrogens (primary N) is 1. The minimum Gasteiger partial charge on any atom is -0.399 e. The average molecular weight is 252 g/mol. The molecule has 1 aromatic rings. The molecule has 2 rings (SSSR count). The van der Waals surface area contributed by atoms with Crippen molar-refractivity contribution in [2.24, 2.45) is 0 Å². The summed E-state index contributed by atoms with van der Waals surface area (Å²) in [5, 5.41) is 10.0. The number of hydrogen-bond acceptors (Lipinski definition) is 3. The molecular weight excluding hydrogens is 231 g/mol. The summed E-state index contributed by atoms with van der Waals surface area (Å²) in [5.41, 5.74) is 6.44. The third-order valence-electron chi connectivity index (χ3n) is 3.54. The minimum absolute atomic E-state index is 0.285. The van der Waals surface area contributed by atoms with Crippen LogP contribution >= 0.6 is 0 Å². The van der Waals surface area contributed by atoms with E-state index in [4.69, 9.17) is 5.73 Å². The molecule has 0 aliphatic carbocycles. The van der Waals surface area contributed by atoms with Crippen LogP contribution in [0.1, 0.15) is 31.7 Å². The number of anilines is 1. The lowest BCUT2D eigenvalue weighted by molar-refractivity contribution is 0.0444. The Kier molecular flexibility index (Phi) is 3.88. The number of nitrogen functional groups attached to an aromatic ring is 1. The van der Waals surface area contributed by atoms with Gasteiger partial charge in [0.05, 0.1) is 5.60 Å². The SMILES string of the molecule is CC1(O)CCCN(Cc2cc(N)cc(F)c2)CC1. The highest BCUT2D eigenvalue weighted by Crippen LogP contribution is 2.23. The van der Waals surface area contributed by atoms with Gasteiger partial charge < -0.3 is 10.8 Å². The van der Waals surface area contributed by atoms with E-state index >= 15 is 0 Å². The number of hydrogen-bond donors (Lipinski definition) is 2. The van der Waals surface area contributed by atoms with Crippen LogP contribution in [0.5, 0.6) is 0 Å². The predicted octanol–water partition coefficient (Wildman–Crippen LogP) is 2.14. The summed E-state index contributed by atoms with van der Waals surface area (Å²) in [4.78, 5) is 2.25. The highest BCUT2D eigenvalue weighted by atomic mass is 19.1. The number of halogens is 1. The lowest BCUT2D eigenvalue weighted by Crippen LogP contribution is -2.28. The summed E-state index contributed by atoms with van der Waals surface area (Å²) in [6.45, 7) is 4.35. The molecule has 18 heavy (non-hydrogen) atoms. The van der Waals surface area contributed by atoms with Crippen LogP contribution in [0.2, 0.25) is 0 Å². The highest BCUT2D eigenvalue weighted by molar-refractivity contribution is 5.41. The van der Waals surface area contributed by atoms with Crippen molar-refractivity contribution < 1.29 is 9.50 Å². The molecule has 3 N–H and O–H groups in total. The quantitative estimate of drug-likeness (QED) is 0.793. The number of nitrogens with zero attached hydrogens (tertiary/aromatic N) is 1. The van der Waals surface area contributed by atoms with Crippen molar-refractivity contribution >= 4 is 5.69 Å². The van der Waals surface area contributed by atoms with Crippen LogP contribution in [0, 0.1) is 5.82 Å². The van der Waals surface area contributed by atoms with Crippen molar-refractivity contribution in [2.75, 3.05) is 18.8 Å². The second-order valence-corrected chi connectivity index (χ2v) is 5.52. The maximum absolute atomic E-state index is 13.2. The Morgan fingerprint density at radius 3 is 2.83 bits per heavy atom. The van der Waals surface area contributed by atoms with E-state index in [2.05, 4.69) is 4.90 Å². The predicted molar refractivity (Wildman–Crippen MR) is 70.6 cm³/mol. The van der Waals surface area contributed by atoms with Gasteiger partial charge in [-0.15, -0.1) is 0 Å². The van der Waals surface area contributed by atoms with Gasteiger partial charge in [0.25, 0.3) is 0 Å². The monoisotopic (exact) mass is 252 g/mol. The third kappa shape index (κ3) is 3.68. The zero-order valence-electron chi connectivity index (χ0n) is 10.8. The minimum atomic E-state index is -0.560. The van der Waals surface area contributed by atoms with E-state index in [0.717, 1.165) is 37.9 Å². The molecule has 1 fully saturated rings. The molecule has 1 saturated heterocycles. The van der Waals surface area contributed by atoms with Crippen LogP contribution in [0.4, 0.5) is 10.1 Å². The van der Waals surface area contributed by atoms with E-state index in [1.54, 1.807) is 0 Å². The summed E-state index contributed by atoms with van der Waals surface area (Å²) in [7, 11) is 0. The van der Waals surface area contributed by atoms with Crippen molar-refractivity contribution in [2.45, 2.75) is 38.3 Å². The van der Waals surface area contributed by atoms with Gasteiger partial charge in [-0.2, -0.15) is 0 Å². The molecule has 1 aliphatic rings. The molecule has 0 bridgehead atoms. The molecule has 0 aromatic heterocycles. The van der Waals surface area contributed by atoms with Crippen LogP contribution in [-0.2, 0) is 6.54 Å². The largest absolute Gasteiger partial charge is 0.399 e. The first-order valence-electron chi connectivity index (χ1n) is 6.44. The van der Waals surface area contributed by atoms with Gasteiger partial charge in [-0.1, -0.05) is 0 Å². The van der Waals surface area contributed by atoms with Gasteiger partial charge in [-0.25, -0.2) is 4.39 Å². The molecule has 0 radical (unpaired) electrons. The Hall–Kier alpha value is -1.13. The second-order valence-electron chi connectivity index (χ2n) is 5.52. The van der Waals surface area contributed by atoms with E-state index in [1.807, 2.05) is 13.0 Å². The zero-order valence-corrected chi connectivity index (χ0v) is 10.8. The lowest BCUT2D eigenvalue weighted by Gasteiger charge is -2.22. The fraction of sp³-hybridized carbons (Fsp3) is 0.571. The summed E-state index contributed by atoms with van der Waals surface area (Å²) in [6, 6.07) is 4.67. The first-order valence-corrected chi connectivity index (χ1v) is 6.44. The molecule has 1 atom stereocenters. The van der Waals surface area contributed by atoms with Crippen molar-refractivity contribution in [1.82, 2.24) is 4.90 Å². The smallest absolute Gasteiger partial charge is 0.125 e. The molecule has 1 aliphatic heterocycles. The van der Waals surface area contributed by atoms with Crippen LogP contribution < -0.4 is 5.73 Å². The lowest BCUT2D eigenvalue weighted by atomic mass is 9.98. The van der Waals surface area contributed by atoms with Gasteiger partial charge in [0.2, 0.25) is 0 Å². The molecule has 4 heteroatoms. The summed E-state index contributed by atoms with van der Waals surface area (Å²) < 4.78 is 13.2. The van der Waals surface area contributed by atoms with E-state index in [0.29, 0.717) is 12.2 Å². The zero-order chi connectivity index (χ0) is 13.2. The topological polar surface area (TPSA) is 49.5 Å².